The quantitative estimate of drug-likeness (QED) is 0.142. The average molecular weight is 869 g/mol. The highest BCUT2D eigenvalue weighted by Gasteiger charge is 2.24. The fraction of sp³-hybridized carbons (Fsp3) is 0. The van der Waals surface area contributed by atoms with Crippen LogP contribution in [0.3, 0.4) is 0 Å². The molecule has 0 unspecified atom stereocenters. The normalized spacial score (nSPS) is 11.8. The second kappa shape index (κ2) is 15.2. The molecule has 0 bridgehead atoms. The molecule has 12 aromatic carbocycles. The Morgan fingerprint density at radius 3 is 1.03 bits per heavy atom. The average Bonchev–Trinajstić information content (AvgIpc) is 3.98. The zero-order chi connectivity index (χ0) is 44.7. The first kappa shape index (κ1) is 38.2. The van der Waals surface area contributed by atoms with Gasteiger partial charge in [-0.25, -0.2) is 0 Å². The first-order valence-corrected chi connectivity index (χ1v) is 23.1. The van der Waals surface area contributed by atoms with Crippen LogP contribution >= 0.6 is 0 Å². The smallest absolute Gasteiger partial charge is 0.159 e. The molecule has 0 aliphatic heterocycles. The predicted octanol–water partition coefficient (Wildman–Crippen LogP) is 18.7. The number of hydrogen-bond acceptors (Lipinski definition) is 4. The molecule has 14 aromatic rings. The second-order valence-corrected chi connectivity index (χ2v) is 17.7. The maximum absolute atomic E-state index is 6.73. The summed E-state index contributed by atoms with van der Waals surface area (Å²) in [5.74, 6) is 0. The molecule has 318 valence electrons. The molecule has 0 saturated heterocycles. The van der Waals surface area contributed by atoms with Crippen LogP contribution in [0.15, 0.2) is 251 Å². The number of fused-ring (bicyclic) bond motifs is 6. The largest absolute Gasteiger partial charge is 0.454 e. The van der Waals surface area contributed by atoms with Gasteiger partial charge in [0.25, 0.3) is 0 Å². The van der Waals surface area contributed by atoms with Gasteiger partial charge >= 0.3 is 0 Å². The number of benzene rings is 12. The molecule has 0 atom stereocenters. The standard InChI is InChI=1S/C64H40N2O2/c1-3-15-41(16-4-1)43-19-11-21-49(35-43)65(57-27-13-25-55-53-23-7-9-29-59(53)67-63(55)57)51-37-45-31-33-47-39-52(40-48-34-32-46(38-51)61(45)62(47)48)66(50-22-12-20-44(36-50)42-17-5-2-6-18-42)58-28-14-26-56-54-24-8-10-30-60(54)68-64(56)58/h1-40H. The van der Waals surface area contributed by atoms with Crippen molar-refractivity contribution in [3.63, 3.8) is 0 Å². The molecule has 2 heterocycles. The molecule has 0 amide bonds. The fourth-order valence-electron chi connectivity index (χ4n) is 10.6. The van der Waals surface area contributed by atoms with Gasteiger partial charge in [0, 0.05) is 44.3 Å². The van der Waals surface area contributed by atoms with Crippen molar-refractivity contribution in [1.82, 2.24) is 0 Å². The van der Waals surface area contributed by atoms with E-state index in [2.05, 4.69) is 240 Å². The second-order valence-electron chi connectivity index (χ2n) is 17.7. The monoisotopic (exact) mass is 868 g/mol. The minimum absolute atomic E-state index is 0.855. The Morgan fingerprint density at radius 2 is 0.603 bits per heavy atom. The van der Waals surface area contributed by atoms with Gasteiger partial charge in [-0.1, -0.05) is 170 Å². The maximum atomic E-state index is 6.73. The van der Waals surface area contributed by atoms with Crippen molar-refractivity contribution in [3.05, 3.63) is 243 Å². The topological polar surface area (TPSA) is 32.8 Å². The third kappa shape index (κ3) is 6.08. The number of furan rings is 2. The summed E-state index contributed by atoms with van der Waals surface area (Å²) >= 11 is 0. The molecule has 0 aliphatic carbocycles. The summed E-state index contributed by atoms with van der Waals surface area (Å²) in [6, 6.07) is 87.0. The molecule has 0 aliphatic rings. The first-order chi connectivity index (χ1) is 33.7. The minimum Gasteiger partial charge on any atom is -0.454 e. The Morgan fingerprint density at radius 1 is 0.250 bits per heavy atom. The van der Waals surface area contributed by atoms with Crippen LogP contribution in [0, 0.1) is 0 Å². The van der Waals surface area contributed by atoms with Gasteiger partial charge in [-0.15, -0.1) is 0 Å². The number of para-hydroxylation sites is 4. The lowest BCUT2D eigenvalue weighted by Crippen LogP contribution is -2.11. The SMILES string of the molecule is c1ccc(-c2cccc(N(c3cc4ccc5cc(N(c6cccc(-c7ccccc7)c6)c6cccc7c6oc6ccccc67)cc6ccc(c3)c4c56)c3cccc4c3oc3ccccc34)c2)cc1. The Kier molecular flexibility index (Phi) is 8.55. The van der Waals surface area contributed by atoms with E-state index in [9.17, 15) is 0 Å². The third-order valence-electron chi connectivity index (χ3n) is 13.7. The third-order valence-corrected chi connectivity index (χ3v) is 13.7. The van der Waals surface area contributed by atoms with Crippen molar-refractivity contribution >= 4 is 110 Å². The van der Waals surface area contributed by atoms with Gasteiger partial charge in [-0.3, -0.25) is 0 Å². The van der Waals surface area contributed by atoms with Crippen molar-refractivity contribution < 1.29 is 8.83 Å². The van der Waals surface area contributed by atoms with E-state index in [4.69, 9.17) is 8.83 Å². The van der Waals surface area contributed by atoms with Gasteiger partial charge in [0.05, 0.1) is 11.4 Å². The highest BCUT2D eigenvalue weighted by atomic mass is 16.3. The van der Waals surface area contributed by atoms with E-state index in [1.807, 2.05) is 12.1 Å². The van der Waals surface area contributed by atoms with Crippen LogP contribution in [0.2, 0.25) is 0 Å². The van der Waals surface area contributed by atoms with Crippen LogP contribution < -0.4 is 9.80 Å². The minimum atomic E-state index is 0.855. The van der Waals surface area contributed by atoms with Gasteiger partial charge in [0.15, 0.2) is 11.2 Å². The Labute approximate surface area is 392 Å². The lowest BCUT2D eigenvalue weighted by Gasteiger charge is -2.28. The van der Waals surface area contributed by atoms with Crippen molar-refractivity contribution in [2.45, 2.75) is 0 Å². The molecule has 0 spiro atoms. The van der Waals surface area contributed by atoms with Crippen LogP contribution in [0.25, 0.3) is 98.4 Å². The van der Waals surface area contributed by atoms with Crippen molar-refractivity contribution in [1.29, 1.82) is 0 Å². The highest BCUT2D eigenvalue weighted by molar-refractivity contribution is 6.25. The molecule has 0 N–H and O–H groups in total. The zero-order valence-corrected chi connectivity index (χ0v) is 36.8. The summed E-state index contributed by atoms with van der Waals surface area (Å²) in [6.45, 7) is 0. The molecule has 2 aromatic heterocycles. The lowest BCUT2D eigenvalue weighted by atomic mass is 9.92. The predicted molar refractivity (Wildman–Crippen MR) is 285 cm³/mol. The van der Waals surface area contributed by atoms with Crippen molar-refractivity contribution in [3.8, 4) is 22.3 Å². The summed E-state index contributed by atoms with van der Waals surface area (Å²) < 4.78 is 13.5. The number of hydrogen-bond donors (Lipinski definition) is 0. The summed E-state index contributed by atoms with van der Waals surface area (Å²) in [5, 5.41) is 11.6. The van der Waals surface area contributed by atoms with Crippen LogP contribution in [-0.4, -0.2) is 0 Å². The summed E-state index contributed by atoms with van der Waals surface area (Å²) in [5.41, 5.74) is 14.3. The van der Waals surface area contributed by atoms with Crippen LogP contribution in [0.1, 0.15) is 0 Å². The fourth-order valence-corrected chi connectivity index (χ4v) is 10.6. The van der Waals surface area contributed by atoms with Gasteiger partial charge in [0.2, 0.25) is 0 Å². The molecule has 0 fully saturated rings. The van der Waals surface area contributed by atoms with E-state index >= 15 is 0 Å². The summed E-state index contributed by atoms with van der Waals surface area (Å²) in [6.07, 6.45) is 0. The molecule has 14 rings (SSSR count). The summed E-state index contributed by atoms with van der Waals surface area (Å²) in [4.78, 5) is 4.73. The summed E-state index contributed by atoms with van der Waals surface area (Å²) in [7, 11) is 0. The molecule has 68 heavy (non-hydrogen) atoms. The van der Waals surface area contributed by atoms with E-state index in [-0.39, 0.29) is 0 Å². The van der Waals surface area contributed by atoms with E-state index < -0.39 is 0 Å². The number of anilines is 6. The zero-order valence-electron chi connectivity index (χ0n) is 36.8. The lowest BCUT2D eigenvalue weighted by molar-refractivity contribution is 0.668. The molecule has 0 saturated carbocycles. The Hall–Kier alpha value is -9.12. The highest BCUT2D eigenvalue weighted by Crippen LogP contribution is 2.48. The van der Waals surface area contributed by atoms with Crippen LogP contribution in [-0.2, 0) is 0 Å². The molecule has 0 radical (unpaired) electrons. The number of nitrogens with zero attached hydrogens (tertiary/aromatic N) is 2. The van der Waals surface area contributed by atoms with E-state index in [0.29, 0.717) is 0 Å². The maximum Gasteiger partial charge on any atom is 0.159 e. The molecule has 4 nitrogen and oxygen atoms in total. The van der Waals surface area contributed by atoms with E-state index in [1.165, 1.54) is 43.4 Å². The van der Waals surface area contributed by atoms with Crippen LogP contribution in [0.4, 0.5) is 34.1 Å². The van der Waals surface area contributed by atoms with Crippen LogP contribution in [0.5, 0.6) is 0 Å². The Balaban J connectivity index is 0.962. The van der Waals surface area contributed by atoms with Crippen molar-refractivity contribution in [2.24, 2.45) is 0 Å². The van der Waals surface area contributed by atoms with Gasteiger partial charge in [-0.2, -0.15) is 0 Å². The Bertz CT molecular complexity index is 3890. The van der Waals surface area contributed by atoms with Crippen molar-refractivity contribution in [2.75, 3.05) is 9.80 Å². The molecular formula is C64H40N2O2. The number of rotatable bonds is 8. The van der Waals surface area contributed by atoms with Gasteiger partial charge < -0.3 is 18.6 Å². The molecule has 4 heteroatoms. The van der Waals surface area contributed by atoms with Gasteiger partial charge in [-0.05, 0) is 127 Å². The van der Waals surface area contributed by atoms with E-state index in [1.54, 1.807) is 0 Å². The first-order valence-electron chi connectivity index (χ1n) is 23.1. The molecular weight excluding hydrogens is 829 g/mol. The van der Waals surface area contributed by atoms with Gasteiger partial charge in [0.1, 0.15) is 11.2 Å². The van der Waals surface area contributed by atoms with E-state index in [0.717, 1.165) is 89.1 Å².